The summed E-state index contributed by atoms with van der Waals surface area (Å²) in [7, 11) is 0. The van der Waals surface area contributed by atoms with Gasteiger partial charge in [0.05, 0.1) is 5.57 Å². The lowest BCUT2D eigenvalue weighted by Crippen LogP contribution is -2.12. The lowest BCUT2D eigenvalue weighted by Gasteiger charge is -2.07. The number of hydrogen-bond donors (Lipinski definition) is 1. The van der Waals surface area contributed by atoms with Gasteiger partial charge in [-0.05, 0) is 6.08 Å². The lowest BCUT2D eigenvalue weighted by atomic mass is 9.95. The molecule has 3 nitrogen and oxygen atoms in total. The first kappa shape index (κ1) is 12.8. The maximum absolute atomic E-state index is 12.3. The number of carbonyl (C=O) groups excluding carboxylic acids is 1. The van der Waals surface area contributed by atoms with Crippen LogP contribution in [0.5, 0.6) is 0 Å². The van der Waals surface area contributed by atoms with Gasteiger partial charge in [-0.3, -0.25) is 4.79 Å². The van der Waals surface area contributed by atoms with E-state index in [1.165, 1.54) is 12.2 Å². The first-order chi connectivity index (χ1) is 9.20. The van der Waals surface area contributed by atoms with Gasteiger partial charge in [0.15, 0.2) is 5.78 Å². The fourth-order valence-corrected chi connectivity index (χ4v) is 1.74. The Balaban J connectivity index is 2.45. The Bertz CT molecular complexity index is 617. The van der Waals surface area contributed by atoms with Crippen molar-refractivity contribution in [2.75, 3.05) is 0 Å². The van der Waals surface area contributed by atoms with Crippen LogP contribution in [0.3, 0.4) is 0 Å². The van der Waals surface area contributed by atoms with Crippen molar-refractivity contribution in [3.63, 3.8) is 0 Å². The van der Waals surface area contributed by atoms with Crippen molar-refractivity contribution >= 4 is 11.8 Å². The molecule has 0 aliphatic heterocycles. The third kappa shape index (κ3) is 2.96. The van der Waals surface area contributed by atoms with Crippen LogP contribution in [0.15, 0.2) is 77.9 Å². The Morgan fingerprint density at radius 3 is 1.95 bits per heavy atom. The number of allylic oxidation sites excluding steroid dienone is 6. The summed E-state index contributed by atoms with van der Waals surface area (Å²) in [5.74, 6) is -1.41. The number of aliphatic carboxylic acids is 1. The van der Waals surface area contributed by atoms with Gasteiger partial charge in [-0.15, -0.1) is 0 Å². The minimum atomic E-state index is -1.12. The van der Waals surface area contributed by atoms with Gasteiger partial charge in [-0.1, -0.05) is 60.7 Å². The average Bonchev–Trinajstić information content (AvgIpc) is 2.38. The quantitative estimate of drug-likeness (QED) is 0.841. The van der Waals surface area contributed by atoms with Crippen LogP contribution in [-0.4, -0.2) is 16.9 Å². The Hall–Kier alpha value is -2.68. The van der Waals surface area contributed by atoms with Gasteiger partial charge in [-0.25, -0.2) is 4.79 Å². The van der Waals surface area contributed by atoms with E-state index >= 15 is 0 Å². The van der Waals surface area contributed by atoms with E-state index in [0.29, 0.717) is 5.56 Å². The lowest BCUT2D eigenvalue weighted by molar-refractivity contribution is -0.132. The number of ketones is 1. The van der Waals surface area contributed by atoms with E-state index in [1.54, 1.807) is 54.6 Å². The van der Waals surface area contributed by atoms with Gasteiger partial charge in [0.2, 0.25) is 0 Å². The van der Waals surface area contributed by atoms with Crippen molar-refractivity contribution in [3.05, 3.63) is 83.5 Å². The van der Waals surface area contributed by atoms with Gasteiger partial charge in [0.1, 0.15) is 0 Å². The molecule has 94 valence electrons. The van der Waals surface area contributed by atoms with Gasteiger partial charge >= 0.3 is 5.97 Å². The Labute approximate surface area is 110 Å². The number of carboxylic acids is 1. The van der Waals surface area contributed by atoms with Crippen molar-refractivity contribution in [1.82, 2.24) is 0 Å². The maximum atomic E-state index is 12.3. The minimum Gasteiger partial charge on any atom is -0.478 e. The Morgan fingerprint density at radius 2 is 1.37 bits per heavy atom. The van der Waals surface area contributed by atoms with Crippen LogP contribution in [0.25, 0.3) is 0 Å². The van der Waals surface area contributed by atoms with E-state index in [9.17, 15) is 14.7 Å². The summed E-state index contributed by atoms with van der Waals surface area (Å²) in [6.07, 6.45) is 9.67. The van der Waals surface area contributed by atoms with E-state index in [2.05, 4.69) is 0 Å². The zero-order valence-corrected chi connectivity index (χ0v) is 10.1. The molecule has 0 unspecified atom stereocenters. The molecule has 0 saturated heterocycles. The summed E-state index contributed by atoms with van der Waals surface area (Å²) in [5, 5.41) is 9.20. The van der Waals surface area contributed by atoms with E-state index in [-0.39, 0.29) is 16.9 Å². The fourth-order valence-electron chi connectivity index (χ4n) is 1.74. The van der Waals surface area contributed by atoms with E-state index in [0.717, 1.165) is 0 Å². The summed E-state index contributed by atoms with van der Waals surface area (Å²) in [5.41, 5.74) is 0.646. The van der Waals surface area contributed by atoms with Gasteiger partial charge < -0.3 is 5.11 Å². The molecule has 0 aromatic heterocycles. The number of benzene rings is 1. The highest BCUT2D eigenvalue weighted by atomic mass is 16.4. The van der Waals surface area contributed by atoms with Crippen LogP contribution in [0, 0.1) is 0 Å². The number of hydrogen-bond acceptors (Lipinski definition) is 2. The third-order valence-electron chi connectivity index (χ3n) is 2.66. The molecule has 19 heavy (non-hydrogen) atoms. The predicted molar refractivity (Wildman–Crippen MR) is 72.9 cm³/mol. The zero-order chi connectivity index (χ0) is 13.7. The molecular formula is C16H12O3. The van der Waals surface area contributed by atoms with Crippen molar-refractivity contribution in [3.8, 4) is 0 Å². The number of Topliss-reactive ketones (excluding diaryl/α,β-unsaturated/α-hetero) is 1. The highest BCUT2D eigenvalue weighted by Gasteiger charge is 2.20. The summed E-state index contributed by atoms with van der Waals surface area (Å²) in [6, 6.07) is 8.63. The Morgan fingerprint density at radius 1 is 0.789 bits per heavy atom. The molecule has 1 aliphatic rings. The fraction of sp³-hybridized carbons (Fsp3) is 0. The van der Waals surface area contributed by atoms with Crippen molar-refractivity contribution in [2.24, 2.45) is 0 Å². The molecule has 1 aromatic carbocycles. The third-order valence-corrected chi connectivity index (χ3v) is 2.66. The van der Waals surface area contributed by atoms with Gasteiger partial charge in [0, 0.05) is 11.1 Å². The second-order valence-electron chi connectivity index (χ2n) is 3.93. The molecular weight excluding hydrogens is 240 g/mol. The molecule has 0 saturated carbocycles. The van der Waals surface area contributed by atoms with E-state index in [4.69, 9.17) is 0 Å². The molecule has 0 spiro atoms. The second kappa shape index (κ2) is 5.78. The number of carbonyl (C=O) groups is 2. The highest BCUT2D eigenvalue weighted by Crippen LogP contribution is 2.18. The maximum Gasteiger partial charge on any atom is 0.336 e. The first-order valence-corrected chi connectivity index (χ1v) is 5.79. The van der Waals surface area contributed by atoms with Crippen LogP contribution in [0.1, 0.15) is 10.4 Å². The van der Waals surface area contributed by atoms with Crippen LogP contribution < -0.4 is 0 Å². The van der Waals surface area contributed by atoms with Crippen molar-refractivity contribution < 1.29 is 14.7 Å². The summed E-state index contributed by atoms with van der Waals surface area (Å²) in [6.45, 7) is 0. The van der Waals surface area contributed by atoms with Gasteiger partial charge in [-0.2, -0.15) is 0 Å². The largest absolute Gasteiger partial charge is 0.478 e. The van der Waals surface area contributed by atoms with Crippen molar-refractivity contribution in [1.29, 1.82) is 0 Å². The molecule has 1 aliphatic carbocycles. The first-order valence-electron chi connectivity index (χ1n) is 5.79. The molecule has 0 bridgehead atoms. The topological polar surface area (TPSA) is 54.4 Å². The minimum absolute atomic E-state index is 0.00514. The Kier molecular flexibility index (Phi) is 3.88. The molecule has 0 radical (unpaired) electrons. The molecule has 3 heteroatoms. The number of rotatable bonds is 3. The highest BCUT2D eigenvalue weighted by molar-refractivity contribution is 6.17. The molecule has 0 heterocycles. The van der Waals surface area contributed by atoms with Crippen molar-refractivity contribution in [2.45, 2.75) is 0 Å². The zero-order valence-electron chi connectivity index (χ0n) is 10.1. The molecule has 1 N–H and O–H groups in total. The molecule has 0 atom stereocenters. The van der Waals surface area contributed by atoms with E-state index < -0.39 is 5.97 Å². The van der Waals surface area contributed by atoms with E-state index in [1.807, 2.05) is 0 Å². The molecule has 0 fully saturated rings. The second-order valence-corrected chi connectivity index (χ2v) is 3.93. The summed E-state index contributed by atoms with van der Waals surface area (Å²) in [4.78, 5) is 23.6. The van der Waals surface area contributed by atoms with Crippen LogP contribution in [-0.2, 0) is 4.79 Å². The molecule has 1 aromatic rings. The average molecular weight is 252 g/mol. The summed E-state index contributed by atoms with van der Waals surface area (Å²) < 4.78 is 0. The summed E-state index contributed by atoms with van der Waals surface area (Å²) >= 11 is 0. The normalized spacial score (nSPS) is 22.9. The SMILES string of the molecule is O=C(O)C1=C/C=C\C=C/C=C\1C(=O)c1ccccc1. The molecule has 0 amide bonds. The number of carboxylic acid groups (broad SMARTS) is 1. The van der Waals surface area contributed by atoms with Gasteiger partial charge in [0.25, 0.3) is 0 Å². The molecule has 2 rings (SSSR count). The van der Waals surface area contributed by atoms with Crippen LogP contribution in [0.4, 0.5) is 0 Å². The van der Waals surface area contributed by atoms with Crippen LogP contribution >= 0.6 is 0 Å². The van der Waals surface area contributed by atoms with Crippen LogP contribution in [0.2, 0.25) is 0 Å². The standard InChI is InChI=1S/C16H12O3/c17-15(12-8-4-3-5-9-12)13-10-6-1-2-7-11-14(13)16(18)19/h1-11H,(H,18,19)/b2-1?,6-1-,7-2-,10-6?,11-7?,13-10+,14-11+,14-13?. The monoisotopic (exact) mass is 252 g/mol. The predicted octanol–water partition coefficient (Wildman–Crippen LogP) is 2.93. The smallest absolute Gasteiger partial charge is 0.336 e.